The Hall–Kier alpha value is -1.40. The van der Waals surface area contributed by atoms with E-state index in [0.29, 0.717) is 5.82 Å². The minimum atomic E-state index is -0.172. The monoisotopic (exact) mass is 226 g/mol. The second-order valence-corrected chi connectivity index (χ2v) is 3.72. The molecule has 1 N–H and O–H groups in total. The van der Waals surface area contributed by atoms with Crippen LogP contribution in [0.3, 0.4) is 0 Å². The molecule has 1 amide bonds. The maximum absolute atomic E-state index is 11.3. The van der Waals surface area contributed by atoms with Crippen molar-refractivity contribution < 1.29 is 9.53 Å². The van der Waals surface area contributed by atoms with E-state index in [4.69, 9.17) is 4.74 Å². The number of aromatic nitrogens is 2. The minimum absolute atomic E-state index is 0.0544. The quantitative estimate of drug-likeness (QED) is 0.743. The number of anilines is 1. The van der Waals surface area contributed by atoms with Crippen molar-refractivity contribution in [2.45, 2.75) is 6.54 Å². The summed E-state index contributed by atoms with van der Waals surface area (Å²) >= 11 is 0. The molecule has 6 heteroatoms. The van der Waals surface area contributed by atoms with Crippen molar-refractivity contribution in [1.29, 1.82) is 0 Å². The number of nitrogens with zero attached hydrogens (tertiary/aromatic N) is 3. The molecule has 6 nitrogen and oxygen atoms in total. The van der Waals surface area contributed by atoms with Gasteiger partial charge in [0.1, 0.15) is 12.4 Å². The van der Waals surface area contributed by atoms with E-state index in [1.165, 1.54) is 7.11 Å². The van der Waals surface area contributed by atoms with E-state index in [1.54, 1.807) is 16.9 Å². The lowest BCUT2D eigenvalue weighted by molar-refractivity contribution is -0.119. The van der Waals surface area contributed by atoms with Crippen LogP contribution in [0.15, 0.2) is 12.3 Å². The number of amides is 1. The summed E-state index contributed by atoms with van der Waals surface area (Å²) in [5.74, 6) is 0.526. The molecule has 0 unspecified atom stereocenters. The van der Waals surface area contributed by atoms with Crippen LogP contribution < -0.4 is 5.32 Å². The Morgan fingerprint density at radius 2 is 2.38 bits per heavy atom. The number of hydrogen-bond acceptors (Lipinski definition) is 4. The third-order valence-electron chi connectivity index (χ3n) is 2.02. The Bertz CT molecular complexity index is 335. The molecule has 1 rings (SSSR count). The molecule has 1 aromatic heterocycles. The Morgan fingerprint density at radius 1 is 1.62 bits per heavy atom. The van der Waals surface area contributed by atoms with Crippen LogP contribution in [-0.4, -0.2) is 54.9 Å². The molecular weight excluding hydrogens is 208 g/mol. The molecule has 0 aliphatic heterocycles. The number of nitrogens with one attached hydrogen (secondary N) is 1. The van der Waals surface area contributed by atoms with E-state index < -0.39 is 0 Å². The molecule has 0 saturated carbocycles. The van der Waals surface area contributed by atoms with E-state index in [1.807, 2.05) is 14.1 Å². The first-order valence-corrected chi connectivity index (χ1v) is 5.09. The van der Waals surface area contributed by atoms with E-state index in [2.05, 4.69) is 15.3 Å². The van der Waals surface area contributed by atoms with Crippen LogP contribution in [-0.2, 0) is 16.1 Å². The highest BCUT2D eigenvalue weighted by Gasteiger charge is 2.06. The molecular formula is C10H18N4O2. The molecule has 1 aromatic rings. The van der Waals surface area contributed by atoms with Crippen LogP contribution in [0.2, 0.25) is 0 Å². The van der Waals surface area contributed by atoms with Gasteiger partial charge in [-0.3, -0.25) is 4.79 Å². The second kappa shape index (κ2) is 6.24. The zero-order valence-corrected chi connectivity index (χ0v) is 9.93. The molecule has 0 bridgehead atoms. The van der Waals surface area contributed by atoms with Gasteiger partial charge in [-0.25, -0.2) is 4.68 Å². The third kappa shape index (κ3) is 4.00. The van der Waals surface area contributed by atoms with Crippen LogP contribution in [0.25, 0.3) is 0 Å². The molecule has 0 aliphatic rings. The number of methoxy groups -OCH3 is 1. The second-order valence-electron chi connectivity index (χ2n) is 3.72. The Kier molecular flexibility index (Phi) is 4.94. The van der Waals surface area contributed by atoms with Gasteiger partial charge in [0.2, 0.25) is 0 Å². The number of carbonyl (C=O) groups excluding carboxylic acids is 1. The molecule has 0 atom stereocenters. The first-order chi connectivity index (χ1) is 7.63. The van der Waals surface area contributed by atoms with Crippen molar-refractivity contribution in [3.8, 4) is 0 Å². The minimum Gasteiger partial charge on any atom is -0.375 e. The number of likely N-dealkylation sites (N-methyl/N-ethyl adjacent to an activating group) is 1. The molecule has 0 spiro atoms. The zero-order chi connectivity index (χ0) is 12.0. The molecule has 1 heterocycles. The van der Waals surface area contributed by atoms with E-state index >= 15 is 0 Å². The average Bonchev–Trinajstić information content (AvgIpc) is 2.62. The summed E-state index contributed by atoms with van der Waals surface area (Å²) in [6.45, 7) is 1.66. The summed E-state index contributed by atoms with van der Waals surface area (Å²) < 4.78 is 6.50. The van der Waals surface area contributed by atoms with Crippen LogP contribution in [0.5, 0.6) is 0 Å². The van der Waals surface area contributed by atoms with Gasteiger partial charge >= 0.3 is 0 Å². The maximum Gasteiger partial charge on any atom is 0.251 e. The highest BCUT2D eigenvalue weighted by atomic mass is 16.5. The zero-order valence-electron chi connectivity index (χ0n) is 9.93. The Balaban J connectivity index is 2.53. The van der Waals surface area contributed by atoms with Crippen molar-refractivity contribution in [3.63, 3.8) is 0 Å². The summed E-state index contributed by atoms with van der Waals surface area (Å²) in [5.41, 5.74) is 0. The molecule has 0 aromatic carbocycles. The number of carbonyl (C=O) groups is 1. The Labute approximate surface area is 95.2 Å². The van der Waals surface area contributed by atoms with E-state index in [9.17, 15) is 4.79 Å². The first-order valence-electron chi connectivity index (χ1n) is 5.09. The highest BCUT2D eigenvalue weighted by molar-refractivity contribution is 5.90. The van der Waals surface area contributed by atoms with Gasteiger partial charge in [0.05, 0.1) is 12.7 Å². The maximum atomic E-state index is 11.3. The van der Waals surface area contributed by atoms with E-state index in [-0.39, 0.29) is 12.5 Å². The molecule has 0 saturated heterocycles. The van der Waals surface area contributed by atoms with Gasteiger partial charge in [0, 0.05) is 19.7 Å². The largest absolute Gasteiger partial charge is 0.375 e. The van der Waals surface area contributed by atoms with Crippen molar-refractivity contribution in [3.05, 3.63) is 12.3 Å². The predicted molar refractivity (Wildman–Crippen MR) is 61.3 cm³/mol. The predicted octanol–water partition coefficient (Wildman–Crippen LogP) is 0.0296. The lowest BCUT2D eigenvalue weighted by Crippen LogP contribution is -2.23. The summed E-state index contributed by atoms with van der Waals surface area (Å²) in [5, 5.41) is 6.87. The van der Waals surface area contributed by atoms with Gasteiger partial charge in [-0.1, -0.05) is 0 Å². The van der Waals surface area contributed by atoms with Crippen molar-refractivity contribution in [2.24, 2.45) is 0 Å². The normalized spacial score (nSPS) is 10.8. The van der Waals surface area contributed by atoms with Crippen LogP contribution in [0.1, 0.15) is 0 Å². The third-order valence-corrected chi connectivity index (χ3v) is 2.02. The van der Waals surface area contributed by atoms with Gasteiger partial charge < -0.3 is 15.0 Å². The fourth-order valence-corrected chi connectivity index (χ4v) is 1.22. The summed E-state index contributed by atoms with van der Waals surface area (Å²) in [7, 11) is 5.47. The van der Waals surface area contributed by atoms with Crippen molar-refractivity contribution in [1.82, 2.24) is 14.7 Å². The summed E-state index contributed by atoms with van der Waals surface area (Å²) in [6.07, 6.45) is 1.66. The summed E-state index contributed by atoms with van der Waals surface area (Å²) in [6, 6.07) is 1.77. The van der Waals surface area contributed by atoms with Crippen LogP contribution in [0, 0.1) is 0 Å². The fraction of sp³-hybridized carbons (Fsp3) is 0.600. The summed E-state index contributed by atoms with van der Waals surface area (Å²) in [4.78, 5) is 13.4. The van der Waals surface area contributed by atoms with Crippen LogP contribution >= 0.6 is 0 Å². The fourth-order valence-electron chi connectivity index (χ4n) is 1.22. The van der Waals surface area contributed by atoms with Gasteiger partial charge in [0.25, 0.3) is 5.91 Å². The SMILES string of the molecule is COCC(=O)Nc1ccnn1CCN(C)C. The van der Waals surface area contributed by atoms with Gasteiger partial charge in [0.15, 0.2) is 0 Å². The molecule has 16 heavy (non-hydrogen) atoms. The molecule has 0 fully saturated rings. The van der Waals surface area contributed by atoms with Crippen molar-refractivity contribution >= 4 is 11.7 Å². The van der Waals surface area contributed by atoms with Crippen molar-refractivity contribution in [2.75, 3.05) is 39.7 Å². The number of hydrogen-bond donors (Lipinski definition) is 1. The number of ether oxygens (including phenoxy) is 1. The Morgan fingerprint density at radius 3 is 3.00 bits per heavy atom. The molecule has 90 valence electrons. The first kappa shape index (κ1) is 12.7. The average molecular weight is 226 g/mol. The lowest BCUT2D eigenvalue weighted by Gasteiger charge is -2.12. The molecule has 0 radical (unpaired) electrons. The smallest absolute Gasteiger partial charge is 0.251 e. The standard InChI is InChI=1S/C10H18N4O2/c1-13(2)6-7-14-9(4-5-11-14)12-10(15)8-16-3/h4-5H,6-8H2,1-3H3,(H,12,15). The van der Waals surface area contributed by atoms with E-state index in [0.717, 1.165) is 13.1 Å². The topological polar surface area (TPSA) is 59.4 Å². The highest BCUT2D eigenvalue weighted by Crippen LogP contribution is 2.05. The number of rotatable bonds is 6. The lowest BCUT2D eigenvalue weighted by atomic mass is 10.5. The molecule has 0 aliphatic carbocycles. The van der Waals surface area contributed by atoms with Crippen LogP contribution in [0.4, 0.5) is 5.82 Å². The van der Waals surface area contributed by atoms with Gasteiger partial charge in [-0.15, -0.1) is 0 Å². The van der Waals surface area contributed by atoms with Gasteiger partial charge in [-0.2, -0.15) is 5.10 Å². The van der Waals surface area contributed by atoms with Gasteiger partial charge in [-0.05, 0) is 14.1 Å².